The number of thiophene rings is 1. The minimum absolute atomic E-state index is 0.0532. The van der Waals surface area contributed by atoms with Gasteiger partial charge in [0.25, 0.3) is 5.91 Å². The summed E-state index contributed by atoms with van der Waals surface area (Å²) in [7, 11) is 0. The Morgan fingerprint density at radius 2 is 1.77 bits per heavy atom. The molecule has 4 aromatic rings. The summed E-state index contributed by atoms with van der Waals surface area (Å²) in [6.07, 6.45) is 1.51. The van der Waals surface area contributed by atoms with Crippen LogP contribution in [0.15, 0.2) is 66.7 Å². The molecule has 31 heavy (non-hydrogen) atoms. The van der Waals surface area contributed by atoms with E-state index in [-0.39, 0.29) is 11.7 Å². The minimum atomic E-state index is 0.0532. The fourth-order valence-electron chi connectivity index (χ4n) is 4.31. The zero-order valence-corrected chi connectivity index (χ0v) is 18.5. The van der Waals surface area contributed by atoms with Gasteiger partial charge in [0.15, 0.2) is 5.78 Å². The van der Waals surface area contributed by atoms with Crippen LogP contribution < -0.4 is 4.90 Å². The number of Topliss-reactive ketones (excluding diaryl/α,β-unsaturated/α-hetero) is 1. The zero-order chi connectivity index (χ0) is 21.5. The Balaban J connectivity index is 1.56. The van der Waals surface area contributed by atoms with Crippen LogP contribution >= 0.6 is 11.3 Å². The maximum atomic E-state index is 13.7. The summed E-state index contributed by atoms with van der Waals surface area (Å²) in [6, 6.07) is 22.5. The van der Waals surface area contributed by atoms with Gasteiger partial charge in [-0.3, -0.25) is 9.59 Å². The molecule has 1 aliphatic heterocycles. The van der Waals surface area contributed by atoms with Gasteiger partial charge in [0.05, 0.1) is 4.88 Å². The topological polar surface area (TPSA) is 37.4 Å². The summed E-state index contributed by atoms with van der Waals surface area (Å²) in [5, 5.41) is 1.16. The van der Waals surface area contributed by atoms with E-state index in [9.17, 15) is 9.59 Å². The van der Waals surface area contributed by atoms with E-state index < -0.39 is 0 Å². The summed E-state index contributed by atoms with van der Waals surface area (Å²) >= 11 is 1.58. The first-order valence-electron chi connectivity index (χ1n) is 10.5. The van der Waals surface area contributed by atoms with Crippen molar-refractivity contribution in [2.45, 2.75) is 26.7 Å². The van der Waals surface area contributed by atoms with Crippen LogP contribution in [0, 0.1) is 6.92 Å². The monoisotopic (exact) mass is 425 g/mol. The van der Waals surface area contributed by atoms with Gasteiger partial charge in [0.2, 0.25) is 0 Å². The Kier molecular flexibility index (Phi) is 4.95. The minimum Gasteiger partial charge on any atom is -0.307 e. The molecule has 3 aromatic carbocycles. The average Bonchev–Trinajstić information content (AvgIpc) is 3.36. The zero-order valence-electron chi connectivity index (χ0n) is 17.6. The molecule has 0 spiro atoms. The second kappa shape index (κ2) is 7.78. The maximum absolute atomic E-state index is 13.7. The van der Waals surface area contributed by atoms with Gasteiger partial charge < -0.3 is 4.90 Å². The summed E-state index contributed by atoms with van der Waals surface area (Å²) in [5.74, 6) is 0.107. The standard InChI is InChI=1S/C27H23NO2S/c1-17-7-9-19(10-8-17)15-23-22-5-3-4-6-25(22)31-26(23)27(30)28-14-13-21-16-20(18(2)29)11-12-24(21)28/h3-12,16H,13-15H2,1-2H3. The fraction of sp³-hybridized carbons (Fsp3) is 0.185. The molecule has 1 amide bonds. The fourth-order valence-corrected chi connectivity index (χ4v) is 5.48. The highest BCUT2D eigenvalue weighted by molar-refractivity contribution is 7.21. The molecular formula is C27H23NO2S. The molecule has 0 saturated carbocycles. The number of fused-ring (bicyclic) bond motifs is 2. The van der Waals surface area contributed by atoms with Crippen molar-refractivity contribution < 1.29 is 9.59 Å². The van der Waals surface area contributed by atoms with Crippen molar-refractivity contribution in [3.63, 3.8) is 0 Å². The van der Waals surface area contributed by atoms with Crippen molar-refractivity contribution in [2.75, 3.05) is 11.4 Å². The van der Waals surface area contributed by atoms with Crippen LogP contribution in [-0.4, -0.2) is 18.2 Å². The molecule has 0 atom stereocenters. The largest absolute Gasteiger partial charge is 0.307 e. The first-order valence-corrected chi connectivity index (χ1v) is 11.3. The van der Waals surface area contributed by atoms with Gasteiger partial charge in [-0.15, -0.1) is 11.3 Å². The van der Waals surface area contributed by atoms with Crippen LogP contribution in [0.25, 0.3) is 10.1 Å². The van der Waals surface area contributed by atoms with Crippen molar-refractivity contribution in [1.82, 2.24) is 0 Å². The summed E-state index contributed by atoms with van der Waals surface area (Å²) < 4.78 is 1.14. The van der Waals surface area contributed by atoms with Gasteiger partial charge in [-0.05, 0) is 73.0 Å². The number of nitrogens with zero attached hydrogens (tertiary/aromatic N) is 1. The van der Waals surface area contributed by atoms with Crippen molar-refractivity contribution >= 4 is 38.8 Å². The Labute approximate surface area is 185 Å². The number of anilines is 1. The second-order valence-electron chi connectivity index (χ2n) is 8.17. The quantitative estimate of drug-likeness (QED) is 0.365. The van der Waals surface area contributed by atoms with Crippen molar-refractivity contribution in [2.24, 2.45) is 0 Å². The summed E-state index contributed by atoms with van der Waals surface area (Å²) in [5.41, 5.74) is 6.24. The molecule has 0 unspecified atom stereocenters. The summed E-state index contributed by atoms with van der Waals surface area (Å²) in [6.45, 7) is 4.31. The van der Waals surface area contributed by atoms with E-state index >= 15 is 0 Å². The van der Waals surface area contributed by atoms with E-state index in [4.69, 9.17) is 0 Å². The number of ketones is 1. The Morgan fingerprint density at radius 3 is 2.55 bits per heavy atom. The average molecular weight is 426 g/mol. The molecule has 1 aromatic heterocycles. The SMILES string of the molecule is CC(=O)c1ccc2c(c1)CCN2C(=O)c1sc2ccccc2c1Cc1ccc(C)cc1. The van der Waals surface area contributed by atoms with Crippen LogP contribution in [0.4, 0.5) is 5.69 Å². The Bertz CT molecular complexity index is 1320. The molecule has 4 heteroatoms. The van der Waals surface area contributed by atoms with E-state index in [1.165, 1.54) is 11.1 Å². The van der Waals surface area contributed by atoms with Gasteiger partial charge in [0, 0.05) is 22.5 Å². The van der Waals surface area contributed by atoms with Gasteiger partial charge in [-0.2, -0.15) is 0 Å². The van der Waals surface area contributed by atoms with Gasteiger partial charge >= 0.3 is 0 Å². The molecule has 0 fully saturated rings. The van der Waals surface area contributed by atoms with Gasteiger partial charge in [-0.1, -0.05) is 48.0 Å². The molecule has 154 valence electrons. The van der Waals surface area contributed by atoms with Crippen LogP contribution in [-0.2, 0) is 12.8 Å². The molecule has 5 rings (SSSR count). The third-order valence-electron chi connectivity index (χ3n) is 6.02. The third kappa shape index (κ3) is 3.57. The van der Waals surface area contributed by atoms with E-state index in [1.807, 2.05) is 35.2 Å². The number of rotatable bonds is 4. The Morgan fingerprint density at radius 1 is 1.00 bits per heavy atom. The molecule has 0 aliphatic carbocycles. The molecule has 0 saturated heterocycles. The second-order valence-corrected chi connectivity index (χ2v) is 9.23. The molecule has 0 bridgehead atoms. The van der Waals surface area contributed by atoms with E-state index in [0.717, 1.165) is 44.6 Å². The molecule has 0 N–H and O–H groups in total. The number of carbonyl (C=O) groups is 2. The summed E-state index contributed by atoms with van der Waals surface area (Å²) in [4.78, 5) is 28.2. The lowest BCUT2D eigenvalue weighted by Crippen LogP contribution is -2.29. The number of amides is 1. The van der Waals surface area contributed by atoms with Gasteiger partial charge in [-0.25, -0.2) is 0 Å². The lowest BCUT2D eigenvalue weighted by atomic mass is 10.0. The normalized spacial score (nSPS) is 12.9. The number of carbonyl (C=O) groups excluding carboxylic acids is 2. The molecule has 1 aliphatic rings. The van der Waals surface area contributed by atoms with Gasteiger partial charge in [0.1, 0.15) is 0 Å². The third-order valence-corrected chi connectivity index (χ3v) is 7.22. The molecule has 3 nitrogen and oxygen atoms in total. The number of benzene rings is 3. The lowest BCUT2D eigenvalue weighted by Gasteiger charge is -2.18. The van der Waals surface area contributed by atoms with Crippen LogP contribution in [0.2, 0.25) is 0 Å². The number of aryl methyl sites for hydroxylation is 1. The molecular weight excluding hydrogens is 402 g/mol. The predicted octanol–water partition coefficient (Wildman–Crippen LogP) is 6.21. The molecule has 0 radical (unpaired) electrons. The maximum Gasteiger partial charge on any atom is 0.268 e. The Hall–Kier alpha value is -3.24. The highest BCUT2D eigenvalue weighted by Crippen LogP contribution is 2.37. The van der Waals surface area contributed by atoms with Crippen molar-refractivity contribution in [3.05, 3.63) is 99.4 Å². The van der Waals surface area contributed by atoms with E-state index in [2.05, 4.69) is 43.3 Å². The smallest absolute Gasteiger partial charge is 0.268 e. The first kappa shape index (κ1) is 19.7. The lowest BCUT2D eigenvalue weighted by molar-refractivity contribution is 0.0990. The van der Waals surface area contributed by atoms with Crippen LogP contribution in [0.1, 0.15) is 49.2 Å². The highest BCUT2D eigenvalue weighted by Gasteiger charge is 2.29. The van der Waals surface area contributed by atoms with E-state index in [0.29, 0.717) is 12.1 Å². The van der Waals surface area contributed by atoms with Crippen LogP contribution in [0.5, 0.6) is 0 Å². The van der Waals surface area contributed by atoms with Crippen LogP contribution in [0.3, 0.4) is 0 Å². The number of hydrogen-bond donors (Lipinski definition) is 0. The first-order chi connectivity index (χ1) is 15.0. The predicted molar refractivity (Wildman–Crippen MR) is 128 cm³/mol. The van der Waals surface area contributed by atoms with E-state index in [1.54, 1.807) is 18.3 Å². The van der Waals surface area contributed by atoms with Crippen molar-refractivity contribution in [3.8, 4) is 0 Å². The highest BCUT2D eigenvalue weighted by atomic mass is 32.1. The van der Waals surface area contributed by atoms with Crippen molar-refractivity contribution in [1.29, 1.82) is 0 Å². The number of hydrogen-bond acceptors (Lipinski definition) is 3. The molecule has 2 heterocycles.